The second kappa shape index (κ2) is 9.80. The molecule has 0 heterocycles. The number of carbonyl (C=O) groups is 1. The number of rotatable bonds is 10. The molecule has 0 aliphatic rings. The van der Waals surface area contributed by atoms with Gasteiger partial charge < -0.3 is 15.0 Å². The summed E-state index contributed by atoms with van der Waals surface area (Å²) in [5, 5.41) is 2.69. The zero-order valence-electron chi connectivity index (χ0n) is 11.1. The molecule has 1 N–H and O–H groups in total. The van der Waals surface area contributed by atoms with Crippen LogP contribution in [0.2, 0.25) is 0 Å². The molecule has 0 saturated heterocycles. The van der Waals surface area contributed by atoms with Gasteiger partial charge in [0.15, 0.2) is 0 Å². The van der Waals surface area contributed by atoms with Crippen LogP contribution in [0.15, 0.2) is 12.7 Å². The molecule has 0 atom stereocenters. The van der Waals surface area contributed by atoms with Crippen molar-refractivity contribution in [3.8, 4) is 0 Å². The van der Waals surface area contributed by atoms with Gasteiger partial charge in [0.2, 0.25) is 5.91 Å². The predicted molar refractivity (Wildman–Crippen MR) is 66.8 cm³/mol. The number of carbonyl (C=O) groups excluding carboxylic acids is 1. The van der Waals surface area contributed by atoms with Crippen molar-refractivity contribution in [2.24, 2.45) is 0 Å². The van der Waals surface area contributed by atoms with Crippen molar-refractivity contribution in [1.29, 1.82) is 0 Å². The van der Waals surface area contributed by atoms with E-state index >= 15 is 0 Å². The molecule has 0 unspecified atom stereocenters. The Bertz CT molecular complexity index is 270. The van der Waals surface area contributed by atoms with Gasteiger partial charge in [-0.25, -0.2) is 0 Å². The van der Waals surface area contributed by atoms with Gasteiger partial charge in [-0.3, -0.25) is 4.79 Å². The number of hydrogen-bond acceptors (Lipinski definition) is 3. The highest BCUT2D eigenvalue weighted by Crippen LogP contribution is 2.16. The van der Waals surface area contributed by atoms with Crippen LogP contribution in [0.1, 0.15) is 13.3 Å². The zero-order valence-corrected chi connectivity index (χ0v) is 11.1. The van der Waals surface area contributed by atoms with Crippen LogP contribution in [-0.2, 0) is 9.53 Å². The van der Waals surface area contributed by atoms with E-state index in [4.69, 9.17) is 4.74 Å². The Balaban J connectivity index is 4.23. The molecule has 0 radical (unpaired) electrons. The average Bonchev–Trinajstić information content (AvgIpc) is 2.32. The quantitative estimate of drug-likeness (QED) is 0.488. The molecule has 0 bridgehead atoms. The largest absolute Gasteiger partial charge is 0.406 e. The third-order valence-electron chi connectivity index (χ3n) is 2.21. The first-order chi connectivity index (χ1) is 8.90. The minimum absolute atomic E-state index is 0.0358. The van der Waals surface area contributed by atoms with E-state index in [-0.39, 0.29) is 13.1 Å². The molecule has 0 aromatic rings. The fourth-order valence-corrected chi connectivity index (χ4v) is 1.40. The molecule has 0 aliphatic carbocycles. The van der Waals surface area contributed by atoms with Crippen molar-refractivity contribution in [3.63, 3.8) is 0 Å². The Morgan fingerprint density at radius 2 is 2.16 bits per heavy atom. The van der Waals surface area contributed by atoms with Gasteiger partial charge in [0, 0.05) is 26.3 Å². The Hall–Kier alpha value is -1.08. The van der Waals surface area contributed by atoms with Gasteiger partial charge in [-0.15, -0.1) is 6.58 Å². The van der Waals surface area contributed by atoms with E-state index in [1.165, 1.54) is 6.08 Å². The molecule has 0 aromatic heterocycles. The molecular formula is C12H21F3N2O2. The molecule has 0 aliphatic heterocycles. The van der Waals surface area contributed by atoms with E-state index in [2.05, 4.69) is 11.9 Å². The lowest BCUT2D eigenvalue weighted by atomic mass is 10.3. The van der Waals surface area contributed by atoms with Crippen molar-refractivity contribution < 1.29 is 22.7 Å². The van der Waals surface area contributed by atoms with Crippen LogP contribution >= 0.6 is 0 Å². The summed E-state index contributed by atoms with van der Waals surface area (Å²) >= 11 is 0. The maximum Gasteiger partial charge on any atom is 0.406 e. The number of nitrogens with zero attached hydrogens (tertiary/aromatic N) is 1. The lowest BCUT2D eigenvalue weighted by Crippen LogP contribution is -2.44. The Morgan fingerprint density at radius 3 is 2.68 bits per heavy atom. The maximum absolute atomic E-state index is 12.4. The molecule has 112 valence electrons. The molecule has 0 rings (SSSR count). The van der Waals surface area contributed by atoms with E-state index in [1.807, 2.05) is 0 Å². The molecule has 1 amide bonds. The minimum atomic E-state index is -4.39. The molecule has 7 heteroatoms. The van der Waals surface area contributed by atoms with Crippen LogP contribution in [0.3, 0.4) is 0 Å². The standard InChI is InChI=1S/C12H21F3N2O2/c1-3-6-16-9-11(18)17(10-12(13,14)15)7-5-8-19-4-2/h3,16H,1,4-10H2,2H3. The van der Waals surface area contributed by atoms with Gasteiger partial charge in [0.05, 0.1) is 6.54 Å². The number of amides is 1. The van der Waals surface area contributed by atoms with Crippen LogP contribution < -0.4 is 5.32 Å². The summed E-state index contributed by atoms with van der Waals surface area (Å²) in [5.74, 6) is -0.573. The second-order valence-corrected chi connectivity index (χ2v) is 3.90. The Labute approximate surface area is 111 Å². The fourth-order valence-electron chi connectivity index (χ4n) is 1.40. The van der Waals surface area contributed by atoms with Crippen LogP contribution in [0.5, 0.6) is 0 Å². The van der Waals surface area contributed by atoms with E-state index in [9.17, 15) is 18.0 Å². The summed E-state index contributed by atoms with van der Waals surface area (Å²) in [4.78, 5) is 12.4. The topological polar surface area (TPSA) is 41.6 Å². The summed E-state index contributed by atoms with van der Waals surface area (Å²) in [6, 6.07) is 0. The van der Waals surface area contributed by atoms with Crippen molar-refractivity contribution in [3.05, 3.63) is 12.7 Å². The van der Waals surface area contributed by atoms with Gasteiger partial charge in [-0.2, -0.15) is 13.2 Å². The van der Waals surface area contributed by atoms with Crippen LogP contribution in [0, 0.1) is 0 Å². The van der Waals surface area contributed by atoms with E-state index < -0.39 is 18.6 Å². The third-order valence-corrected chi connectivity index (χ3v) is 2.21. The van der Waals surface area contributed by atoms with Crippen molar-refractivity contribution in [2.75, 3.05) is 39.4 Å². The number of nitrogens with one attached hydrogen (secondary N) is 1. The van der Waals surface area contributed by atoms with Crippen molar-refractivity contribution in [1.82, 2.24) is 10.2 Å². The first-order valence-electron chi connectivity index (χ1n) is 6.14. The Kier molecular flexibility index (Phi) is 9.24. The highest BCUT2D eigenvalue weighted by molar-refractivity contribution is 5.78. The summed E-state index contributed by atoms with van der Waals surface area (Å²) in [6.07, 6.45) is -2.46. The summed E-state index contributed by atoms with van der Waals surface area (Å²) in [5.41, 5.74) is 0. The molecular weight excluding hydrogens is 261 g/mol. The van der Waals surface area contributed by atoms with E-state index in [0.717, 1.165) is 4.90 Å². The highest BCUT2D eigenvalue weighted by atomic mass is 19.4. The highest BCUT2D eigenvalue weighted by Gasteiger charge is 2.32. The molecule has 0 aromatic carbocycles. The fraction of sp³-hybridized carbons (Fsp3) is 0.750. The van der Waals surface area contributed by atoms with Crippen LogP contribution in [0.25, 0.3) is 0 Å². The van der Waals surface area contributed by atoms with Crippen LogP contribution in [0.4, 0.5) is 13.2 Å². The summed E-state index contributed by atoms with van der Waals surface area (Å²) < 4.78 is 42.1. The third kappa shape index (κ3) is 10.5. The van der Waals surface area contributed by atoms with Crippen molar-refractivity contribution >= 4 is 5.91 Å². The van der Waals surface area contributed by atoms with Crippen molar-refractivity contribution in [2.45, 2.75) is 19.5 Å². The minimum Gasteiger partial charge on any atom is -0.382 e. The van der Waals surface area contributed by atoms with Gasteiger partial charge in [0.1, 0.15) is 6.54 Å². The lowest BCUT2D eigenvalue weighted by molar-refractivity contribution is -0.161. The molecule has 4 nitrogen and oxygen atoms in total. The normalized spacial score (nSPS) is 11.4. The average molecular weight is 282 g/mol. The SMILES string of the molecule is C=CCNCC(=O)N(CCCOCC)CC(F)(F)F. The Morgan fingerprint density at radius 1 is 1.47 bits per heavy atom. The predicted octanol–water partition coefficient (Wildman–Crippen LogP) is 1.58. The first kappa shape index (κ1) is 17.9. The molecule has 0 saturated carbocycles. The van der Waals surface area contributed by atoms with Gasteiger partial charge in [-0.1, -0.05) is 6.08 Å². The molecule has 0 fully saturated rings. The van der Waals surface area contributed by atoms with Crippen LogP contribution in [-0.4, -0.2) is 56.4 Å². The smallest absolute Gasteiger partial charge is 0.382 e. The van der Waals surface area contributed by atoms with E-state index in [0.29, 0.717) is 26.2 Å². The monoisotopic (exact) mass is 282 g/mol. The lowest BCUT2D eigenvalue weighted by Gasteiger charge is -2.24. The number of alkyl halides is 3. The summed E-state index contributed by atoms with van der Waals surface area (Å²) in [6.45, 7) is 5.16. The number of hydrogen-bond donors (Lipinski definition) is 1. The number of halogens is 3. The van der Waals surface area contributed by atoms with Gasteiger partial charge in [0.25, 0.3) is 0 Å². The van der Waals surface area contributed by atoms with Gasteiger partial charge >= 0.3 is 6.18 Å². The second-order valence-electron chi connectivity index (χ2n) is 3.90. The van der Waals surface area contributed by atoms with Gasteiger partial charge in [-0.05, 0) is 13.3 Å². The first-order valence-corrected chi connectivity index (χ1v) is 6.14. The molecule has 0 spiro atoms. The number of ether oxygens (including phenoxy) is 1. The summed E-state index contributed by atoms with van der Waals surface area (Å²) in [7, 11) is 0. The van der Waals surface area contributed by atoms with E-state index in [1.54, 1.807) is 6.92 Å². The molecule has 19 heavy (non-hydrogen) atoms. The maximum atomic E-state index is 12.4. The zero-order chi connectivity index (χ0) is 14.7.